The molecule has 0 radical (unpaired) electrons. The van der Waals surface area contributed by atoms with Crippen LogP contribution in [0.15, 0.2) is 76.0 Å². The predicted molar refractivity (Wildman–Crippen MR) is 166 cm³/mol. The number of carbonyl (C=O) groups is 2. The van der Waals surface area contributed by atoms with E-state index in [-0.39, 0.29) is 32.4 Å². The van der Waals surface area contributed by atoms with Gasteiger partial charge in [0.15, 0.2) is 6.29 Å². The SMILES string of the molecule is CC(=O)OC1C(N=[N+]=[N-])CC(N=[N+]=[N-])C(OC2OC(C(CF)N(Cc3ccccc3)C(=O)OCc3ccccc3)CCC2N=[N+]=[N-])C1O. The summed E-state index contributed by atoms with van der Waals surface area (Å²) < 4.78 is 38.2. The van der Waals surface area contributed by atoms with E-state index in [1.165, 1.54) is 4.90 Å². The van der Waals surface area contributed by atoms with Gasteiger partial charge in [-0.1, -0.05) is 76.0 Å². The summed E-state index contributed by atoms with van der Waals surface area (Å²) in [5.74, 6) is -0.775. The minimum atomic E-state index is -1.68. The molecule has 0 bridgehead atoms. The number of esters is 1. The number of alkyl halides is 1. The Morgan fingerprint density at radius 3 is 2.10 bits per heavy atom. The lowest BCUT2D eigenvalue weighted by Gasteiger charge is -2.45. The first-order valence-corrected chi connectivity index (χ1v) is 15.2. The molecule has 9 atom stereocenters. The van der Waals surface area contributed by atoms with Crippen molar-refractivity contribution < 1.29 is 38.0 Å². The minimum Gasteiger partial charge on any atom is -0.459 e. The number of aliphatic hydroxyl groups is 1. The van der Waals surface area contributed by atoms with Crippen LogP contribution in [0.25, 0.3) is 31.3 Å². The summed E-state index contributed by atoms with van der Waals surface area (Å²) >= 11 is 0. The quantitative estimate of drug-likeness (QED) is 0.119. The highest BCUT2D eigenvalue weighted by molar-refractivity contribution is 5.68. The van der Waals surface area contributed by atoms with E-state index in [9.17, 15) is 25.8 Å². The zero-order valence-electron chi connectivity index (χ0n) is 26.0. The normalized spacial score (nSPS) is 27.1. The van der Waals surface area contributed by atoms with Gasteiger partial charge in [0.2, 0.25) is 0 Å². The Morgan fingerprint density at radius 2 is 1.52 bits per heavy atom. The molecule has 254 valence electrons. The molecule has 48 heavy (non-hydrogen) atoms. The van der Waals surface area contributed by atoms with E-state index >= 15 is 4.39 Å². The lowest BCUT2D eigenvalue weighted by atomic mass is 9.84. The van der Waals surface area contributed by atoms with Crippen molar-refractivity contribution in [3.63, 3.8) is 0 Å². The van der Waals surface area contributed by atoms with Crippen LogP contribution in [-0.4, -0.2) is 83.6 Å². The first-order valence-electron chi connectivity index (χ1n) is 15.2. The van der Waals surface area contributed by atoms with Crippen molar-refractivity contribution in [1.29, 1.82) is 0 Å². The number of azide groups is 3. The van der Waals surface area contributed by atoms with Crippen molar-refractivity contribution in [1.82, 2.24) is 4.90 Å². The number of ether oxygens (including phenoxy) is 4. The smallest absolute Gasteiger partial charge is 0.410 e. The van der Waals surface area contributed by atoms with Gasteiger partial charge in [-0.3, -0.25) is 9.69 Å². The number of carbonyl (C=O) groups excluding carboxylic acids is 2. The molecule has 1 N–H and O–H groups in total. The summed E-state index contributed by atoms with van der Waals surface area (Å²) in [6.45, 7) is -0.00218. The molecular formula is C30H35FN10O7. The Labute approximate surface area is 274 Å². The second-order valence-electron chi connectivity index (χ2n) is 11.2. The number of benzene rings is 2. The minimum absolute atomic E-state index is 0.0145. The van der Waals surface area contributed by atoms with Gasteiger partial charge in [0.25, 0.3) is 0 Å². The molecule has 0 spiro atoms. The molecule has 1 saturated carbocycles. The second-order valence-corrected chi connectivity index (χ2v) is 11.2. The molecule has 0 aromatic heterocycles. The summed E-state index contributed by atoms with van der Waals surface area (Å²) in [7, 11) is 0. The third kappa shape index (κ3) is 9.26. The fourth-order valence-corrected chi connectivity index (χ4v) is 5.85. The van der Waals surface area contributed by atoms with E-state index in [0.717, 1.165) is 12.5 Å². The Hall–Kier alpha value is -5.08. The second kappa shape index (κ2) is 17.7. The monoisotopic (exact) mass is 666 g/mol. The summed E-state index contributed by atoms with van der Waals surface area (Å²) in [5.41, 5.74) is 29.0. The van der Waals surface area contributed by atoms with Crippen LogP contribution in [0.2, 0.25) is 0 Å². The topological polar surface area (TPSA) is 241 Å². The standard InChI is InChI=1S/C30H35FN10O7/c1-18(42)46-27-22(36-39-33)14-23(37-40-34)28(26(27)43)48-29-21(35-38-32)12-13-25(47-29)24(15-31)41(16-19-8-4-2-5-9-19)30(44)45-17-20-10-6-3-7-11-20/h2-11,21-29,43H,12-17H2,1H3. The van der Waals surface area contributed by atoms with E-state index in [2.05, 4.69) is 30.1 Å². The van der Waals surface area contributed by atoms with Crippen LogP contribution in [0.1, 0.15) is 37.3 Å². The van der Waals surface area contributed by atoms with Gasteiger partial charge >= 0.3 is 12.1 Å². The summed E-state index contributed by atoms with van der Waals surface area (Å²) in [4.78, 5) is 35.0. The lowest BCUT2D eigenvalue weighted by Crippen LogP contribution is -2.60. The number of hydrogen-bond acceptors (Lipinski definition) is 10. The molecule has 9 unspecified atom stereocenters. The first-order chi connectivity index (χ1) is 23.3. The van der Waals surface area contributed by atoms with Crippen LogP contribution in [-0.2, 0) is 36.9 Å². The van der Waals surface area contributed by atoms with Crippen molar-refractivity contribution in [2.45, 2.75) is 94.2 Å². The summed E-state index contributed by atoms with van der Waals surface area (Å²) in [6.07, 6.45) is -7.53. The van der Waals surface area contributed by atoms with Gasteiger partial charge < -0.3 is 24.1 Å². The molecule has 17 nitrogen and oxygen atoms in total. The molecule has 4 rings (SSSR count). The van der Waals surface area contributed by atoms with Gasteiger partial charge in [0.05, 0.1) is 36.4 Å². The predicted octanol–water partition coefficient (Wildman–Crippen LogP) is 5.79. The lowest BCUT2D eigenvalue weighted by molar-refractivity contribution is -0.261. The van der Waals surface area contributed by atoms with E-state index in [4.69, 9.17) is 24.5 Å². The third-order valence-electron chi connectivity index (χ3n) is 8.10. The van der Waals surface area contributed by atoms with Gasteiger partial charge in [0.1, 0.15) is 25.5 Å². The highest BCUT2D eigenvalue weighted by Gasteiger charge is 2.49. The van der Waals surface area contributed by atoms with Gasteiger partial charge in [-0.05, 0) is 47.0 Å². The van der Waals surface area contributed by atoms with Gasteiger partial charge in [0, 0.05) is 28.2 Å². The van der Waals surface area contributed by atoms with Crippen molar-refractivity contribution >= 4 is 12.1 Å². The highest BCUT2D eigenvalue weighted by Crippen LogP contribution is 2.35. The molecule has 2 aliphatic rings. The van der Waals surface area contributed by atoms with Crippen molar-refractivity contribution in [3.8, 4) is 0 Å². The number of aliphatic hydroxyl groups excluding tert-OH is 1. The third-order valence-corrected chi connectivity index (χ3v) is 8.10. The molecule has 1 aliphatic heterocycles. The average molecular weight is 667 g/mol. The van der Waals surface area contributed by atoms with Gasteiger partial charge in [-0.15, -0.1) is 0 Å². The van der Waals surface area contributed by atoms with Crippen molar-refractivity contribution in [2.24, 2.45) is 15.3 Å². The maximum absolute atomic E-state index is 15.0. The molecule has 1 saturated heterocycles. The molecule has 1 heterocycles. The van der Waals surface area contributed by atoms with Crippen molar-refractivity contribution in [2.75, 3.05) is 6.67 Å². The molecule has 1 amide bonds. The molecular weight excluding hydrogens is 631 g/mol. The maximum atomic E-state index is 15.0. The Kier molecular flexibility index (Phi) is 13.2. The number of halogens is 1. The van der Waals surface area contributed by atoms with Crippen molar-refractivity contribution in [3.05, 3.63) is 103 Å². The average Bonchev–Trinajstić information content (AvgIpc) is 3.09. The van der Waals surface area contributed by atoms with Crippen LogP contribution in [0.4, 0.5) is 9.18 Å². The van der Waals surface area contributed by atoms with E-state index in [0.29, 0.717) is 5.56 Å². The Morgan fingerprint density at radius 1 is 0.938 bits per heavy atom. The van der Waals surface area contributed by atoms with E-state index in [1.54, 1.807) is 54.6 Å². The number of rotatable bonds is 13. The zero-order chi connectivity index (χ0) is 34.5. The number of amides is 1. The first kappa shape index (κ1) is 35.8. The highest BCUT2D eigenvalue weighted by atomic mass is 19.1. The zero-order valence-corrected chi connectivity index (χ0v) is 26.0. The van der Waals surface area contributed by atoms with Crippen LogP contribution in [0.5, 0.6) is 0 Å². The molecule has 1 aliphatic carbocycles. The van der Waals surface area contributed by atoms with E-state index < -0.39 is 73.6 Å². The van der Waals surface area contributed by atoms with Crippen LogP contribution >= 0.6 is 0 Å². The van der Waals surface area contributed by atoms with Crippen LogP contribution < -0.4 is 0 Å². The molecule has 2 aromatic rings. The van der Waals surface area contributed by atoms with Gasteiger partial charge in [-0.25, -0.2) is 9.18 Å². The van der Waals surface area contributed by atoms with E-state index in [1.807, 2.05) is 6.07 Å². The summed E-state index contributed by atoms with van der Waals surface area (Å²) in [6, 6.07) is 13.5. The maximum Gasteiger partial charge on any atom is 0.410 e. The Bertz CT molecular complexity index is 1520. The fourth-order valence-electron chi connectivity index (χ4n) is 5.85. The largest absolute Gasteiger partial charge is 0.459 e. The van der Waals surface area contributed by atoms with Crippen LogP contribution in [0.3, 0.4) is 0 Å². The molecule has 18 heteroatoms. The van der Waals surface area contributed by atoms with Gasteiger partial charge in [-0.2, -0.15) is 0 Å². The molecule has 2 fully saturated rings. The summed E-state index contributed by atoms with van der Waals surface area (Å²) in [5, 5.41) is 22.3. The number of nitrogens with zero attached hydrogens (tertiary/aromatic N) is 10. The Balaban J connectivity index is 1.61. The molecule has 2 aromatic carbocycles. The van der Waals surface area contributed by atoms with Crippen LogP contribution in [0, 0.1) is 0 Å². The number of hydrogen-bond donors (Lipinski definition) is 1. The fraction of sp³-hybridized carbons (Fsp3) is 0.533.